The summed E-state index contributed by atoms with van der Waals surface area (Å²) in [6.07, 6.45) is 0. The van der Waals surface area contributed by atoms with Gasteiger partial charge in [-0.05, 0) is 18.2 Å². The third-order valence-electron chi connectivity index (χ3n) is 2.56. The molecule has 1 aliphatic heterocycles. The molecule has 86 valence electrons. The van der Waals surface area contributed by atoms with E-state index in [0.29, 0.717) is 26.3 Å². The minimum atomic E-state index is -1.24. The van der Waals surface area contributed by atoms with E-state index in [2.05, 4.69) is 0 Å². The zero-order valence-electron chi connectivity index (χ0n) is 8.65. The van der Waals surface area contributed by atoms with Crippen molar-refractivity contribution in [2.45, 2.75) is 0 Å². The average molecular weight is 225 g/mol. The second kappa shape index (κ2) is 4.49. The zero-order chi connectivity index (χ0) is 11.5. The second-order valence-corrected chi connectivity index (χ2v) is 3.57. The minimum absolute atomic E-state index is 0.288. The summed E-state index contributed by atoms with van der Waals surface area (Å²) >= 11 is 0. The summed E-state index contributed by atoms with van der Waals surface area (Å²) in [5.41, 5.74) is 0.436. The number of nitrogens with zero attached hydrogens (tertiary/aromatic N) is 1. The van der Waals surface area contributed by atoms with Crippen LogP contribution >= 0.6 is 0 Å². The Bertz CT molecular complexity index is 402. The number of morpholine rings is 1. The van der Waals surface area contributed by atoms with Crippen molar-refractivity contribution < 1.29 is 19.0 Å². The Balaban J connectivity index is 2.27. The van der Waals surface area contributed by atoms with Crippen LogP contribution in [0.25, 0.3) is 0 Å². The molecule has 0 saturated carbocycles. The van der Waals surface area contributed by atoms with Crippen LogP contribution in [0.1, 0.15) is 10.4 Å². The predicted octanol–water partition coefficient (Wildman–Crippen LogP) is 1.36. The van der Waals surface area contributed by atoms with Crippen LogP contribution in [-0.2, 0) is 4.74 Å². The molecular formula is C11H12FNO3. The van der Waals surface area contributed by atoms with Crippen molar-refractivity contribution in [2.24, 2.45) is 0 Å². The first-order valence-corrected chi connectivity index (χ1v) is 5.04. The predicted molar refractivity (Wildman–Crippen MR) is 56.4 cm³/mol. The number of aromatic carboxylic acids is 1. The van der Waals surface area contributed by atoms with E-state index in [1.165, 1.54) is 12.1 Å². The van der Waals surface area contributed by atoms with Gasteiger partial charge in [0, 0.05) is 18.8 Å². The van der Waals surface area contributed by atoms with Crippen LogP contribution in [0.3, 0.4) is 0 Å². The summed E-state index contributed by atoms with van der Waals surface area (Å²) in [4.78, 5) is 12.8. The van der Waals surface area contributed by atoms with Crippen LogP contribution in [0.5, 0.6) is 0 Å². The SMILES string of the molecule is O=C(O)c1cc(N2CCOCC2)ccc1F. The first-order chi connectivity index (χ1) is 7.68. The maximum atomic E-state index is 13.2. The van der Waals surface area contributed by atoms with Crippen LogP contribution in [0, 0.1) is 5.82 Å². The average Bonchev–Trinajstić information content (AvgIpc) is 2.30. The van der Waals surface area contributed by atoms with Crippen molar-refractivity contribution in [2.75, 3.05) is 31.2 Å². The van der Waals surface area contributed by atoms with Crippen LogP contribution < -0.4 is 4.90 Å². The Morgan fingerprint density at radius 2 is 2.06 bits per heavy atom. The fourth-order valence-electron chi connectivity index (χ4n) is 1.70. The van der Waals surface area contributed by atoms with Gasteiger partial charge in [-0.15, -0.1) is 0 Å². The molecule has 1 aromatic carbocycles. The second-order valence-electron chi connectivity index (χ2n) is 3.57. The molecule has 1 saturated heterocycles. The van der Waals surface area contributed by atoms with Gasteiger partial charge < -0.3 is 14.7 Å². The number of rotatable bonds is 2. The molecule has 1 heterocycles. The highest BCUT2D eigenvalue weighted by Crippen LogP contribution is 2.19. The maximum Gasteiger partial charge on any atom is 0.338 e. The number of halogens is 1. The summed E-state index contributed by atoms with van der Waals surface area (Å²) in [5, 5.41) is 8.81. The molecule has 0 atom stereocenters. The number of benzene rings is 1. The van der Waals surface area contributed by atoms with Crippen molar-refractivity contribution in [1.82, 2.24) is 0 Å². The van der Waals surface area contributed by atoms with Gasteiger partial charge in [0.25, 0.3) is 0 Å². The van der Waals surface area contributed by atoms with Crippen molar-refractivity contribution >= 4 is 11.7 Å². The largest absolute Gasteiger partial charge is 0.478 e. The van der Waals surface area contributed by atoms with Gasteiger partial charge in [-0.25, -0.2) is 9.18 Å². The molecule has 16 heavy (non-hydrogen) atoms. The molecule has 0 bridgehead atoms. The Morgan fingerprint density at radius 3 is 2.69 bits per heavy atom. The first kappa shape index (κ1) is 10.9. The normalized spacial score (nSPS) is 16.2. The van der Waals surface area contributed by atoms with Gasteiger partial charge >= 0.3 is 5.97 Å². The van der Waals surface area contributed by atoms with E-state index < -0.39 is 11.8 Å². The Morgan fingerprint density at radius 1 is 1.38 bits per heavy atom. The van der Waals surface area contributed by atoms with Crippen molar-refractivity contribution in [3.63, 3.8) is 0 Å². The molecule has 0 spiro atoms. The van der Waals surface area contributed by atoms with Gasteiger partial charge in [0.05, 0.1) is 18.8 Å². The highest BCUT2D eigenvalue weighted by Gasteiger charge is 2.15. The van der Waals surface area contributed by atoms with E-state index in [9.17, 15) is 9.18 Å². The molecule has 1 aliphatic rings. The molecule has 1 N–H and O–H groups in total. The van der Waals surface area contributed by atoms with Crippen LogP contribution in [0.2, 0.25) is 0 Å². The molecule has 0 amide bonds. The summed E-state index contributed by atoms with van der Waals surface area (Å²) in [6, 6.07) is 4.14. The van der Waals surface area contributed by atoms with E-state index in [4.69, 9.17) is 9.84 Å². The number of hydrogen-bond acceptors (Lipinski definition) is 3. The number of carboxylic acids is 1. The highest BCUT2D eigenvalue weighted by molar-refractivity contribution is 5.89. The van der Waals surface area contributed by atoms with Gasteiger partial charge in [0.15, 0.2) is 0 Å². The van der Waals surface area contributed by atoms with E-state index in [1.807, 2.05) is 4.90 Å². The van der Waals surface area contributed by atoms with E-state index >= 15 is 0 Å². The summed E-state index contributed by atoms with van der Waals surface area (Å²) in [7, 11) is 0. The van der Waals surface area contributed by atoms with Crippen molar-refractivity contribution in [1.29, 1.82) is 0 Å². The molecule has 1 fully saturated rings. The Hall–Kier alpha value is -1.62. The zero-order valence-corrected chi connectivity index (χ0v) is 8.65. The van der Waals surface area contributed by atoms with E-state index in [-0.39, 0.29) is 5.56 Å². The molecule has 0 aliphatic carbocycles. The number of carboxylic acid groups (broad SMARTS) is 1. The monoisotopic (exact) mass is 225 g/mol. The summed E-state index contributed by atoms with van der Waals surface area (Å²) in [5.74, 6) is -1.95. The lowest BCUT2D eigenvalue weighted by Crippen LogP contribution is -2.36. The minimum Gasteiger partial charge on any atom is -0.478 e. The molecule has 0 radical (unpaired) electrons. The smallest absolute Gasteiger partial charge is 0.338 e. The lowest BCUT2D eigenvalue weighted by Gasteiger charge is -2.29. The molecule has 0 unspecified atom stereocenters. The molecule has 1 aromatic rings. The number of anilines is 1. The van der Waals surface area contributed by atoms with Crippen LogP contribution in [0.15, 0.2) is 18.2 Å². The maximum absolute atomic E-state index is 13.2. The Labute approximate surface area is 92.2 Å². The van der Waals surface area contributed by atoms with Gasteiger partial charge in [-0.1, -0.05) is 0 Å². The van der Waals surface area contributed by atoms with E-state index in [0.717, 1.165) is 5.69 Å². The van der Waals surface area contributed by atoms with E-state index in [1.54, 1.807) is 6.07 Å². The molecule has 2 rings (SSSR count). The molecule has 4 nitrogen and oxygen atoms in total. The number of carbonyl (C=O) groups is 1. The first-order valence-electron chi connectivity index (χ1n) is 5.04. The standard InChI is InChI=1S/C11H12FNO3/c12-10-2-1-8(7-9(10)11(14)15)13-3-5-16-6-4-13/h1-2,7H,3-6H2,(H,14,15). The number of ether oxygens (including phenoxy) is 1. The fourth-order valence-corrected chi connectivity index (χ4v) is 1.70. The van der Waals surface area contributed by atoms with Gasteiger partial charge in [-0.2, -0.15) is 0 Å². The van der Waals surface area contributed by atoms with Gasteiger partial charge in [-0.3, -0.25) is 0 Å². The third-order valence-corrected chi connectivity index (χ3v) is 2.56. The third kappa shape index (κ3) is 2.14. The van der Waals surface area contributed by atoms with Gasteiger partial charge in [0.2, 0.25) is 0 Å². The number of hydrogen-bond donors (Lipinski definition) is 1. The summed E-state index contributed by atoms with van der Waals surface area (Å²) in [6.45, 7) is 2.62. The fraction of sp³-hybridized carbons (Fsp3) is 0.364. The molecule has 0 aromatic heterocycles. The lowest BCUT2D eigenvalue weighted by molar-refractivity contribution is 0.0692. The van der Waals surface area contributed by atoms with Gasteiger partial charge in [0.1, 0.15) is 5.82 Å². The summed E-state index contributed by atoms with van der Waals surface area (Å²) < 4.78 is 18.4. The topological polar surface area (TPSA) is 49.8 Å². The van der Waals surface area contributed by atoms with Crippen molar-refractivity contribution in [3.05, 3.63) is 29.6 Å². The van der Waals surface area contributed by atoms with Crippen LogP contribution in [0.4, 0.5) is 10.1 Å². The van der Waals surface area contributed by atoms with Crippen LogP contribution in [-0.4, -0.2) is 37.4 Å². The highest BCUT2D eigenvalue weighted by atomic mass is 19.1. The van der Waals surface area contributed by atoms with Crippen molar-refractivity contribution in [3.8, 4) is 0 Å². The quantitative estimate of drug-likeness (QED) is 0.825. The lowest BCUT2D eigenvalue weighted by atomic mass is 10.1. The Kier molecular flexibility index (Phi) is 3.05. The molecular weight excluding hydrogens is 213 g/mol. The molecule has 5 heteroatoms.